The molecule has 0 aliphatic rings. The lowest BCUT2D eigenvalue weighted by Gasteiger charge is -2.30. The van der Waals surface area contributed by atoms with Crippen molar-refractivity contribution in [3.05, 3.63) is 58.7 Å². The summed E-state index contributed by atoms with van der Waals surface area (Å²) in [4.78, 5) is 17.2. The number of methoxy groups -OCH3 is 1. The van der Waals surface area contributed by atoms with Crippen LogP contribution in [0.3, 0.4) is 0 Å². The Labute approximate surface area is 212 Å². The van der Waals surface area contributed by atoms with Crippen molar-refractivity contribution in [1.82, 2.24) is 15.1 Å². The number of nitrogens with one attached hydrogen (secondary N) is 1. The molecule has 35 heavy (non-hydrogen) atoms. The Bertz CT molecular complexity index is 929. The summed E-state index contributed by atoms with van der Waals surface area (Å²) in [5.41, 5.74) is 4.43. The van der Waals surface area contributed by atoms with Crippen molar-refractivity contribution in [3.63, 3.8) is 0 Å². The molecule has 0 aromatic heterocycles. The fourth-order valence-corrected chi connectivity index (χ4v) is 4.37. The fraction of sp³-hybridized carbons (Fsp3) is 0.552. The van der Waals surface area contributed by atoms with Crippen LogP contribution >= 0.6 is 0 Å². The summed E-state index contributed by atoms with van der Waals surface area (Å²) < 4.78 is 11.4. The summed E-state index contributed by atoms with van der Waals surface area (Å²) in [5.74, 6) is 1.49. The molecule has 6 heteroatoms. The third-order valence-corrected chi connectivity index (χ3v) is 6.70. The Morgan fingerprint density at radius 3 is 2.40 bits per heavy atom. The van der Waals surface area contributed by atoms with Crippen LogP contribution in [0.5, 0.6) is 11.5 Å². The maximum absolute atomic E-state index is 12.5. The molecule has 0 saturated carbocycles. The molecule has 194 valence electrons. The van der Waals surface area contributed by atoms with Crippen LogP contribution in [-0.2, 0) is 0 Å². The van der Waals surface area contributed by atoms with Gasteiger partial charge >= 0.3 is 0 Å². The number of nitrogens with zero attached hydrogens (tertiary/aromatic N) is 2. The maximum atomic E-state index is 12.5. The van der Waals surface area contributed by atoms with E-state index in [4.69, 9.17) is 9.47 Å². The van der Waals surface area contributed by atoms with E-state index in [9.17, 15) is 4.79 Å². The molecule has 1 amide bonds. The van der Waals surface area contributed by atoms with Crippen molar-refractivity contribution >= 4 is 5.91 Å². The third kappa shape index (κ3) is 8.55. The van der Waals surface area contributed by atoms with Crippen LogP contribution in [0.2, 0.25) is 0 Å². The van der Waals surface area contributed by atoms with E-state index in [1.807, 2.05) is 12.1 Å². The molecular weight excluding hydrogens is 438 g/mol. The van der Waals surface area contributed by atoms with Crippen LogP contribution in [0.25, 0.3) is 0 Å². The highest BCUT2D eigenvalue weighted by Gasteiger charge is 2.18. The lowest BCUT2D eigenvalue weighted by Crippen LogP contribution is -2.32. The van der Waals surface area contributed by atoms with Crippen LogP contribution in [0.1, 0.15) is 66.2 Å². The number of benzene rings is 2. The van der Waals surface area contributed by atoms with Gasteiger partial charge in [0, 0.05) is 19.1 Å². The number of hydrogen-bond donors (Lipinski definition) is 1. The maximum Gasteiger partial charge on any atom is 0.255 e. The first-order valence-electron chi connectivity index (χ1n) is 12.8. The van der Waals surface area contributed by atoms with Gasteiger partial charge in [-0.25, -0.2) is 0 Å². The largest absolute Gasteiger partial charge is 0.496 e. The molecule has 0 aliphatic carbocycles. The van der Waals surface area contributed by atoms with Crippen LogP contribution in [-0.4, -0.2) is 69.7 Å². The number of para-hydroxylation sites is 1. The predicted octanol–water partition coefficient (Wildman–Crippen LogP) is 5.24. The number of rotatable bonds is 15. The Hall–Kier alpha value is -2.57. The van der Waals surface area contributed by atoms with Gasteiger partial charge in [-0.1, -0.05) is 25.1 Å². The predicted molar refractivity (Wildman–Crippen MR) is 145 cm³/mol. The first-order valence-corrected chi connectivity index (χ1v) is 12.8. The van der Waals surface area contributed by atoms with E-state index < -0.39 is 0 Å². The van der Waals surface area contributed by atoms with Crippen molar-refractivity contribution in [2.75, 3.05) is 54.0 Å². The van der Waals surface area contributed by atoms with E-state index in [0.29, 0.717) is 17.9 Å². The van der Waals surface area contributed by atoms with Crippen LogP contribution in [0, 0.1) is 13.8 Å². The molecule has 6 nitrogen and oxygen atoms in total. The van der Waals surface area contributed by atoms with Crippen molar-refractivity contribution in [2.45, 2.75) is 53.0 Å². The lowest BCUT2D eigenvalue weighted by atomic mass is 9.96. The minimum Gasteiger partial charge on any atom is -0.496 e. The van der Waals surface area contributed by atoms with Gasteiger partial charge in [-0.15, -0.1) is 0 Å². The van der Waals surface area contributed by atoms with E-state index in [0.717, 1.165) is 51.3 Å². The molecule has 1 unspecified atom stereocenters. The molecule has 1 N–H and O–H groups in total. The first-order chi connectivity index (χ1) is 16.8. The summed E-state index contributed by atoms with van der Waals surface area (Å²) in [5, 5.41) is 3.03. The molecule has 0 radical (unpaired) electrons. The van der Waals surface area contributed by atoms with Crippen LogP contribution < -0.4 is 14.8 Å². The second-order valence-electron chi connectivity index (χ2n) is 9.38. The van der Waals surface area contributed by atoms with Gasteiger partial charge < -0.3 is 19.7 Å². The SMILES string of the molecule is CCN(CCCNC(=O)c1ccccc1OC)C(C)c1ccc(OCCCCN(C)C)c(C)c1C. The van der Waals surface area contributed by atoms with Crippen molar-refractivity contribution in [3.8, 4) is 11.5 Å². The fourth-order valence-electron chi connectivity index (χ4n) is 4.37. The van der Waals surface area contributed by atoms with E-state index in [1.54, 1.807) is 19.2 Å². The van der Waals surface area contributed by atoms with Gasteiger partial charge in [0.2, 0.25) is 0 Å². The third-order valence-electron chi connectivity index (χ3n) is 6.70. The topological polar surface area (TPSA) is 54.0 Å². The normalized spacial score (nSPS) is 12.1. The second-order valence-corrected chi connectivity index (χ2v) is 9.38. The molecule has 2 aromatic rings. The number of ether oxygens (including phenoxy) is 2. The van der Waals surface area contributed by atoms with Crippen molar-refractivity contribution in [2.24, 2.45) is 0 Å². The van der Waals surface area contributed by atoms with Gasteiger partial charge in [0.25, 0.3) is 5.91 Å². The Balaban J connectivity index is 1.89. The molecule has 2 rings (SSSR count). The number of amides is 1. The summed E-state index contributed by atoms with van der Waals surface area (Å²) in [6.45, 7) is 13.1. The molecule has 0 bridgehead atoms. The second kappa shape index (κ2) is 14.7. The summed E-state index contributed by atoms with van der Waals surface area (Å²) in [7, 11) is 5.79. The van der Waals surface area contributed by atoms with E-state index in [2.05, 4.69) is 69.0 Å². The zero-order chi connectivity index (χ0) is 25.8. The van der Waals surface area contributed by atoms with E-state index in [-0.39, 0.29) is 11.9 Å². The van der Waals surface area contributed by atoms with Gasteiger partial charge in [0.15, 0.2) is 0 Å². The van der Waals surface area contributed by atoms with Crippen LogP contribution in [0.4, 0.5) is 0 Å². The van der Waals surface area contributed by atoms with Gasteiger partial charge in [0.05, 0.1) is 19.3 Å². The lowest BCUT2D eigenvalue weighted by molar-refractivity contribution is 0.0947. The molecule has 2 aromatic carbocycles. The Morgan fingerprint density at radius 2 is 1.71 bits per heavy atom. The number of carbonyl (C=O) groups is 1. The highest BCUT2D eigenvalue weighted by molar-refractivity contribution is 5.96. The zero-order valence-electron chi connectivity index (χ0n) is 22.8. The zero-order valence-corrected chi connectivity index (χ0v) is 22.8. The molecular formula is C29H45N3O3. The molecule has 0 fully saturated rings. The van der Waals surface area contributed by atoms with Gasteiger partial charge in [-0.2, -0.15) is 0 Å². The minimum atomic E-state index is -0.0951. The summed E-state index contributed by atoms with van der Waals surface area (Å²) >= 11 is 0. The van der Waals surface area contributed by atoms with E-state index >= 15 is 0 Å². The Kier molecular flexibility index (Phi) is 12.1. The average molecular weight is 484 g/mol. The standard InChI is InChI=1S/C29H45N3O3/c1-8-32(20-13-18-30-29(33)26-14-9-10-15-28(26)34-7)24(4)25-16-17-27(23(3)22(25)2)35-21-12-11-19-31(5)6/h9-10,14-17,24H,8,11-13,18-21H2,1-7H3,(H,30,33). The Morgan fingerprint density at radius 1 is 0.971 bits per heavy atom. The van der Waals surface area contributed by atoms with E-state index in [1.165, 1.54) is 16.7 Å². The number of unbranched alkanes of at least 4 members (excludes halogenated alkanes) is 1. The van der Waals surface area contributed by atoms with Crippen molar-refractivity contribution in [1.29, 1.82) is 0 Å². The van der Waals surface area contributed by atoms with Crippen LogP contribution in [0.15, 0.2) is 36.4 Å². The summed E-state index contributed by atoms with van der Waals surface area (Å²) in [6, 6.07) is 11.9. The van der Waals surface area contributed by atoms with Gasteiger partial charge in [0.1, 0.15) is 11.5 Å². The molecule has 0 saturated heterocycles. The molecule has 0 heterocycles. The highest BCUT2D eigenvalue weighted by atomic mass is 16.5. The minimum absolute atomic E-state index is 0.0951. The number of carbonyl (C=O) groups excluding carboxylic acids is 1. The quantitative estimate of drug-likeness (QED) is 0.351. The molecule has 0 spiro atoms. The number of hydrogen-bond acceptors (Lipinski definition) is 5. The summed E-state index contributed by atoms with van der Waals surface area (Å²) in [6.07, 6.45) is 3.09. The highest BCUT2D eigenvalue weighted by Crippen LogP contribution is 2.31. The monoisotopic (exact) mass is 483 g/mol. The first kappa shape index (κ1) is 28.7. The average Bonchev–Trinajstić information content (AvgIpc) is 2.85. The molecule has 1 atom stereocenters. The van der Waals surface area contributed by atoms with Gasteiger partial charge in [-0.3, -0.25) is 9.69 Å². The van der Waals surface area contributed by atoms with Crippen molar-refractivity contribution < 1.29 is 14.3 Å². The smallest absolute Gasteiger partial charge is 0.255 e. The molecule has 0 aliphatic heterocycles. The van der Waals surface area contributed by atoms with Gasteiger partial charge in [-0.05, 0) is 102 Å².